The van der Waals surface area contributed by atoms with Crippen molar-refractivity contribution >= 4 is 28.9 Å². The number of guanidine groups is 1. The Bertz CT molecular complexity index is 625. The van der Waals surface area contributed by atoms with Gasteiger partial charge in [0.1, 0.15) is 5.75 Å². The first-order valence-electron chi connectivity index (χ1n) is 7.60. The third-order valence-corrected chi connectivity index (χ3v) is 4.51. The van der Waals surface area contributed by atoms with Crippen LogP contribution in [-0.2, 0) is 13.0 Å². The average Bonchev–Trinajstić information content (AvgIpc) is 2.98. The Morgan fingerprint density at radius 3 is 2.57 bits per heavy atom. The molecule has 0 aliphatic heterocycles. The monoisotopic (exact) mass is 351 g/mol. The molecule has 1 aromatic carbocycles. The quantitative estimate of drug-likeness (QED) is 0.590. The third kappa shape index (κ3) is 6.12. The van der Waals surface area contributed by atoms with Crippen LogP contribution in [-0.4, -0.2) is 26.2 Å². The zero-order valence-corrected chi connectivity index (χ0v) is 15.0. The number of nitrogens with zero attached hydrogens (tertiary/aromatic N) is 1. The Morgan fingerprint density at radius 2 is 1.96 bits per heavy atom. The van der Waals surface area contributed by atoms with Crippen molar-refractivity contribution in [2.24, 2.45) is 4.99 Å². The fraction of sp³-hybridized carbons (Fsp3) is 0.353. The van der Waals surface area contributed by atoms with E-state index in [9.17, 15) is 0 Å². The molecule has 0 aliphatic rings. The zero-order valence-electron chi connectivity index (χ0n) is 13.4. The van der Waals surface area contributed by atoms with E-state index in [1.165, 1.54) is 4.88 Å². The molecule has 124 valence electrons. The highest BCUT2D eigenvalue weighted by Crippen LogP contribution is 2.21. The first-order chi connectivity index (χ1) is 11.2. The fourth-order valence-electron chi connectivity index (χ4n) is 2.03. The number of benzene rings is 1. The van der Waals surface area contributed by atoms with E-state index in [0.29, 0.717) is 6.54 Å². The first kappa shape index (κ1) is 17.6. The Balaban J connectivity index is 1.85. The summed E-state index contributed by atoms with van der Waals surface area (Å²) in [6, 6.07) is 12.0. The highest BCUT2D eigenvalue weighted by molar-refractivity contribution is 7.16. The van der Waals surface area contributed by atoms with Gasteiger partial charge in [-0.1, -0.05) is 23.7 Å². The molecular formula is C17H22ClN3OS. The summed E-state index contributed by atoms with van der Waals surface area (Å²) in [5.41, 5.74) is 1.15. The van der Waals surface area contributed by atoms with Crippen LogP contribution in [0.1, 0.15) is 17.4 Å². The van der Waals surface area contributed by atoms with E-state index in [1.54, 1.807) is 18.4 Å². The van der Waals surface area contributed by atoms with Crippen molar-refractivity contribution in [3.05, 3.63) is 51.2 Å². The standard InChI is InChI=1S/C17H22ClN3OS/c1-3-19-17(20-11-10-15-8-9-16(18)23-15)21-12-13-4-6-14(22-2)7-5-13/h4-9H,3,10-12H2,1-2H3,(H2,19,20,21). The van der Waals surface area contributed by atoms with Gasteiger partial charge < -0.3 is 15.4 Å². The van der Waals surface area contributed by atoms with Gasteiger partial charge in [0.25, 0.3) is 0 Å². The van der Waals surface area contributed by atoms with Gasteiger partial charge in [-0.2, -0.15) is 0 Å². The van der Waals surface area contributed by atoms with E-state index in [1.807, 2.05) is 30.3 Å². The number of hydrogen-bond donors (Lipinski definition) is 2. The van der Waals surface area contributed by atoms with Crippen molar-refractivity contribution in [2.75, 3.05) is 20.2 Å². The number of hydrogen-bond acceptors (Lipinski definition) is 3. The maximum absolute atomic E-state index is 5.94. The van der Waals surface area contributed by atoms with Crippen LogP contribution in [0.5, 0.6) is 5.75 Å². The summed E-state index contributed by atoms with van der Waals surface area (Å²) >= 11 is 7.56. The van der Waals surface area contributed by atoms with E-state index in [-0.39, 0.29) is 0 Å². The fourth-order valence-corrected chi connectivity index (χ4v) is 3.12. The number of methoxy groups -OCH3 is 1. The second kappa shape index (κ2) is 9.43. The molecule has 0 fully saturated rings. The molecular weight excluding hydrogens is 330 g/mol. The number of aliphatic imine (C=N–C) groups is 1. The average molecular weight is 352 g/mol. The van der Waals surface area contributed by atoms with Crippen molar-refractivity contribution in [3.63, 3.8) is 0 Å². The molecule has 1 heterocycles. The van der Waals surface area contributed by atoms with Gasteiger partial charge in [0.15, 0.2) is 5.96 Å². The lowest BCUT2D eigenvalue weighted by molar-refractivity contribution is 0.414. The first-order valence-corrected chi connectivity index (χ1v) is 8.80. The lowest BCUT2D eigenvalue weighted by Gasteiger charge is -2.11. The molecule has 0 saturated heterocycles. The Hall–Kier alpha value is -1.72. The molecule has 1 aromatic heterocycles. The van der Waals surface area contributed by atoms with Crippen LogP contribution in [0.3, 0.4) is 0 Å². The molecule has 0 amide bonds. The van der Waals surface area contributed by atoms with Gasteiger partial charge >= 0.3 is 0 Å². The van der Waals surface area contributed by atoms with Crippen LogP contribution in [0.25, 0.3) is 0 Å². The van der Waals surface area contributed by atoms with Crippen LogP contribution < -0.4 is 15.4 Å². The summed E-state index contributed by atoms with van der Waals surface area (Å²) in [5, 5.41) is 6.61. The van der Waals surface area contributed by atoms with Gasteiger partial charge in [0, 0.05) is 18.0 Å². The van der Waals surface area contributed by atoms with Crippen molar-refractivity contribution in [3.8, 4) is 5.75 Å². The van der Waals surface area contributed by atoms with Crippen molar-refractivity contribution in [2.45, 2.75) is 19.9 Å². The van der Waals surface area contributed by atoms with Gasteiger partial charge in [0.2, 0.25) is 0 Å². The number of halogens is 1. The minimum atomic E-state index is 0.629. The lowest BCUT2D eigenvalue weighted by atomic mass is 10.2. The summed E-state index contributed by atoms with van der Waals surface area (Å²) in [6.45, 7) is 4.35. The van der Waals surface area contributed by atoms with Gasteiger partial charge in [0.05, 0.1) is 18.0 Å². The molecule has 0 radical (unpaired) electrons. The highest BCUT2D eigenvalue weighted by atomic mass is 35.5. The topological polar surface area (TPSA) is 45.7 Å². The summed E-state index contributed by atoms with van der Waals surface area (Å²) in [5.74, 6) is 1.68. The van der Waals surface area contributed by atoms with Crippen molar-refractivity contribution < 1.29 is 4.74 Å². The summed E-state index contributed by atoms with van der Waals surface area (Å²) in [6.07, 6.45) is 0.935. The molecule has 23 heavy (non-hydrogen) atoms. The second-order valence-corrected chi connectivity index (χ2v) is 6.73. The van der Waals surface area contributed by atoms with E-state index < -0.39 is 0 Å². The molecule has 0 unspecified atom stereocenters. The number of thiophene rings is 1. The number of ether oxygens (including phenoxy) is 1. The van der Waals surface area contributed by atoms with Gasteiger partial charge in [-0.05, 0) is 43.2 Å². The van der Waals surface area contributed by atoms with Crippen LogP contribution in [0.2, 0.25) is 4.34 Å². The number of nitrogens with one attached hydrogen (secondary N) is 2. The Kier molecular flexibility index (Phi) is 7.23. The maximum atomic E-state index is 5.94. The molecule has 0 bridgehead atoms. The third-order valence-electron chi connectivity index (χ3n) is 3.22. The highest BCUT2D eigenvalue weighted by Gasteiger charge is 2.01. The van der Waals surface area contributed by atoms with E-state index in [0.717, 1.165) is 41.1 Å². The molecule has 2 N–H and O–H groups in total. The van der Waals surface area contributed by atoms with Crippen LogP contribution in [0.4, 0.5) is 0 Å². The van der Waals surface area contributed by atoms with Gasteiger partial charge in [-0.15, -0.1) is 11.3 Å². The van der Waals surface area contributed by atoms with Gasteiger partial charge in [-0.25, -0.2) is 4.99 Å². The number of rotatable bonds is 7. The largest absolute Gasteiger partial charge is 0.497 e. The van der Waals surface area contributed by atoms with E-state index in [2.05, 4.69) is 28.6 Å². The minimum absolute atomic E-state index is 0.629. The van der Waals surface area contributed by atoms with E-state index in [4.69, 9.17) is 16.3 Å². The minimum Gasteiger partial charge on any atom is -0.497 e. The van der Waals surface area contributed by atoms with Crippen LogP contribution in [0, 0.1) is 0 Å². The SMILES string of the molecule is CCNC(=NCc1ccc(OC)cc1)NCCc1ccc(Cl)s1. The Labute approximate surface area is 146 Å². The summed E-state index contributed by atoms with van der Waals surface area (Å²) in [7, 11) is 1.67. The molecule has 6 heteroatoms. The smallest absolute Gasteiger partial charge is 0.191 e. The van der Waals surface area contributed by atoms with Crippen molar-refractivity contribution in [1.29, 1.82) is 0 Å². The molecule has 0 aliphatic carbocycles. The molecule has 0 atom stereocenters. The summed E-state index contributed by atoms with van der Waals surface area (Å²) < 4.78 is 5.99. The normalized spacial score (nSPS) is 11.3. The lowest BCUT2D eigenvalue weighted by Crippen LogP contribution is -2.38. The van der Waals surface area contributed by atoms with Crippen molar-refractivity contribution in [1.82, 2.24) is 10.6 Å². The second-order valence-electron chi connectivity index (χ2n) is 4.93. The van der Waals surface area contributed by atoms with Gasteiger partial charge in [-0.3, -0.25) is 0 Å². The predicted molar refractivity (Wildman–Crippen MR) is 98.8 cm³/mol. The molecule has 4 nitrogen and oxygen atoms in total. The maximum Gasteiger partial charge on any atom is 0.191 e. The molecule has 2 rings (SSSR count). The molecule has 0 saturated carbocycles. The molecule has 0 spiro atoms. The predicted octanol–water partition coefficient (Wildman–Crippen LogP) is 3.71. The Morgan fingerprint density at radius 1 is 1.17 bits per heavy atom. The van der Waals surface area contributed by atoms with Crippen LogP contribution >= 0.6 is 22.9 Å². The van der Waals surface area contributed by atoms with E-state index >= 15 is 0 Å². The molecule has 2 aromatic rings. The zero-order chi connectivity index (χ0) is 16.5. The van der Waals surface area contributed by atoms with Crippen LogP contribution in [0.15, 0.2) is 41.4 Å². The summed E-state index contributed by atoms with van der Waals surface area (Å²) in [4.78, 5) is 5.88.